The first kappa shape index (κ1) is 26.9. The third-order valence-corrected chi connectivity index (χ3v) is 6.44. The molecule has 2 aromatic carbocycles. The fraction of sp³-hybridized carbons (Fsp3) is 0.217. The summed E-state index contributed by atoms with van der Waals surface area (Å²) in [5.74, 6) is 0.541. The molecule has 13 heteroatoms. The summed E-state index contributed by atoms with van der Waals surface area (Å²) in [5, 5.41) is 11.6. The van der Waals surface area contributed by atoms with Crippen molar-refractivity contribution in [1.29, 1.82) is 5.26 Å². The Kier molecular flexibility index (Phi) is 8.87. The molecule has 0 saturated carbocycles. The van der Waals surface area contributed by atoms with E-state index in [0.717, 1.165) is 17.6 Å². The largest absolute Gasteiger partial charge is 0.493 e. The number of nitriles is 1. The zero-order valence-electron chi connectivity index (χ0n) is 19.4. The molecule has 1 aromatic heterocycles. The van der Waals surface area contributed by atoms with Crippen LogP contribution < -0.4 is 19.5 Å². The molecule has 3 aromatic rings. The number of anilines is 1. The molecule has 0 fully saturated rings. The quantitative estimate of drug-likeness (QED) is 0.227. The number of sulfone groups is 1. The molecule has 3 rings (SSSR count). The second-order valence-electron chi connectivity index (χ2n) is 7.27. The van der Waals surface area contributed by atoms with Crippen LogP contribution in [0.2, 0.25) is 5.02 Å². The highest BCUT2D eigenvalue weighted by atomic mass is 35.5. The van der Waals surface area contributed by atoms with Gasteiger partial charge in [0, 0.05) is 17.8 Å². The highest BCUT2D eigenvalue weighted by Crippen LogP contribution is 2.37. The molecule has 1 N–H and O–H groups in total. The number of carbonyl (C=O) groups excluding carboxylic acids is 1. The van der Waals surface area contributed by atoms with Crippen molar-refractivity contribution in [3.63, 3.8) is 0 Å². The van der Waals surface area contributed by atoms with Gasteiger partial charge in [-0.2, -0.15) is 14.6 Å². The van der Waals surface area contributed by atoms with E-state index in [0.29, 0.717) is 22.8 Å². The van der Waals surface area contributed by atoms with Gasteiger partial charge in [0.25, 0.3) is 11.1 Å². The highest BCUT2D eigenvalue weighted by molar-refractivity contribution is 7.90. The zero-order chi connectivity index (χ0) is 26.3. The van der Waals surface area contributed by atoms with Crippen LogP contribution in [0.4, 0.5) is 5.13 Å². The second kappa shape index (κ2) is 11.9. The molecule has 0 aliphatic carbocycles. The smallest absolute Gasteiger partial charge is 0.268 e. The third-order valence-electron chi connectivity index (χ3n) is 4.57. The van der Waals surface area contributed by atoms with Crippen molar-refractivity contribution >= 4 is 50.1 Å². The predicted molar refractivity (Wildman–Crippen MR) is 135 cm³/mol. The molecule has 1 heterocycles. The maximum absolute atomic E-state index is 12.5. The highest BCUT2D eigenvalue weighted by Gasteiger charge is 2.18. The van der Waals surface area contributed by atoms with Gasteiger partial charge in [-0.3, -0.25) is 10.1 Å². The molecule has 10 nitrogen and oxygen atoms in total. The fourth-order valence-corrected chi connectivity index (χ4v) is 4.58. The number of hydrogen-bond donors (Lipinski definition) is 1. The third kappa shape index (κ3) is 6.94. The summed E-state index contributed by atoms with van der Waals surface area (Å²) in [4.78, 5) is 16.3. The minimum atomic E-state index is -3.62. The molecule has 0 radical (unpaired) electrons. The Morgan fingerprint density at radius 3 is 2.58 bits per heavy atom. The molecule has 188 valence electrons. The van der Waals surface area contributed by atoms with Crippen LogP contribution in [0, 0.1) is 18.3 Å². The fourth-order valence-electron chi connectivity index (χ4n) is 2.87. The van der Waals surface area contributed by atoms with Crippen molar-refractivity contribution in [2.75, 3.05) is 31.9 Å². The van der Waals surface area contributed by atoms with Gasteiger partial charge >= 0.3 is 0 Å². The van der Waals surface area contributed by atoms with Crippen LogP contribution >= 0.6 is 23.1 Å². The predicted octanol–water partition coefficient (Wildman–Crippen LogP) is 3.92. The average molecular weight is 549 g/mol. The number of aryl methyl sites for hydroxylation is 1. The summed E-state index contributed by atoms with van der Waals surface area (Å²) in [5.41, 5.74) is 1.13. The second-order valence-corrected chi connectivity index (χ2v) is 10.3. The lowest BCUT2D eigenvalue weighted by Crippen LogP contribution is -2.13. The first-order chi connectivity index (χ1) is 17.1. The summed E-state index contributed by atoms with van der Waals surface area (Å²) >= 11 is 7.07. The van der Waals surface area contributed by atoms with Gasteiger partial charge in [0.05, 0.1) is 12.1 Å². The van der Waals surface area contributed by atoms with Crippen molar-refractivity contribution in [3.8, 4) is 23.3 Å². The van der Waals surface area contributed by atoms with Crippen LogP contribution in [0.1, 0.15) is 11.1 Å². The zero-order valence-corrected chi connectivity index (χ0v) is 21.8. The van der Waals surface area contributed by atoms with Gasteiger partial charge < -0.3 is 14.2 Å². The van der Waals surface area contributed by atoms with E-state index < -0.39 is 20.9 Å². The molecule has 0 atom stereocenters. The van der Waals surface area contributed by atoms with E-state index in [1.807, 2.05) is 31.2 Å². The van der Waals surface area contributed by atoms with Crippen LogP contribution in [-0.2, 0) is 14.6 Å². The first-order valence-corrected chi connectivity index (χ1v) is 13.3. The number of para-hydroxylation sites is 1. The molecular weight excluding hydrogens is 528 g/mol. The minimum absolute atomic E-state index is 0.0612. The number of carbonyl (C=O) groups is 1. The number of nitrogens with one attached hydrogen (secondary N) is 1. The number of nitrogens with zero attached hydrogens (tertiary/aromatic N) is 3. The van der Waals surface area contributed by atoms with Gasteiger partial charge in [-0.1, -0.05) is 29.8 Å². The standard InChI is InChI=1S/C23H21ClN4O6S2/c1-14-6-4-5-7-18(14)33-8-9-34-20-17(24)11-15(12-19(20)32-2)10-16(13-25)21(29)26-22-27-23(28-35-22)36(3,30)31/h4-7,10-12H,8-9H2,1-3H3,(H,26,27,28,29)/b16-10-. The van der Waals surface area contributed by atoms with Crippen molar-refractivity contribution in [2.45, 2.75) is 12.1 Å². The number of ether oxygens (including phenoxy) is 3. The summed E-state index contributed by atoms with van der Waals surface area (Å²) < 4.78 is 43.5. The number of methoxy groups -OCH3 is 1. The number of hydrogen-bond acceptors (Lipinski definition) is 10. The molecule has 0 spiro atoms. The van der Waals surface area contributed by atoms with Crippen LogP contribution in [0.15, 0.2) is 47.1 Å². The Morgan fingerprint density at radius 1 is 1.22 bits per heavy atom. The van der Waals surface area contributed by atoms with E-state index >= 15 is 0 Å². The summed E-state index contributed by atoms with van der Waals surface area (Å²) in [6.45, 7) is 2.42. The van der Waals surface area contributed by atoms with Crippen LogP contribution in [0.5, 0.6) is 17.2 Å². The first-order valence-electron chi connectivity index (χ1n) is 10.3. The molecule has 36 heavy (non-hydrogen) atoms. The Hall–Kier alpha value is -3.66. The number of benzene rings is 2. The summed E-state index contributed by atoms with van der Waals surface area (Å²) in [7, 11) is -2.19. The lowest BCUT2D eigenvalue weighted by atomic mass is 10.1. The topological polar surface area (TPSA) is 140 Å². The van der Waals surface area contributed by atoms with Crippen molar-refractivity contribution < 1.29 is 27.4 Å². The normalized spacial score (nSPS) is 11.5. The van der Waals surface area contributed by atoms with Gasteiger partial charge in [-0.25, -0.2) is 8.42 Å². The molecular formula is C23H21ClN4O6S2. The Labute approximate surface area is 217 Å². The summed E-state index contributed by atoms with van der Waals surface area (Å²) in [6, 6.07) is 12.5. The number of halogens is 1. The van der Waals surface area contributed by atoms with Crippen LogP contribution in [0.25, 0.3) is 6.08 Å². The van der Waals surface area contributed by atoms with Crippen molar-refractivity contribution in [2.24, 2.45) is 0 Å². The molecule has 0 saturated heterocycles. The number of rotatable bonds is 10. The minimum Gasteiger partial charge on any atom is -0.493 e. The Balaban J connectivity index is 1.71. The van der Waals surface area contributed by atoms with E-state index in [4.69, 9.17) is 25.8 Å². The van der Waals surface area contributed by atoms with Crippen molar-refractivity contribution in [3.05, 3.63) is 58.1 Å². The van der Waals surface area contributed by atoms with E-state index in [1.165, 1.54) is 19.3 Å². The van der Waals surface area contributed by atoms with Gasteiger partial charge in [0.2, 0.25) is 15.0 Å². The number of aromatic nitrogens is 2. The SMILES string of the molecule is COc1cc(/C=C(/C#N)C(=O)Nc2nc(S(C)(=O)=O)ns2)cc(Cl)c1OCCOc1ccccc1C. The summed E-state index contributed by atoms with van der Waals surface area (Å²) in [6.07, 6.45) is 2.25. The van der Waals surface area contributed by atoms with Crippen LogP contribution in [0.3, 0.4) is 0 Å². The van der Waals surface area contributed by atoms with Gasteiger partial charge in [0.1, 0.15) is 30.6 Å². The monoisotopic (exact) mass is 548 g/mol. The molecule has 0 bridgehead atoms. The lowest BCUT2D eigenvalue weighted by molar-refractivity contribution is -0.112. The van der Waals surface area contributed by atoms with E-state index in [-0.39, 0.29) is 34.7 Å². The van der Waals surface area contributed by atoms with Crippen LogP contribution in [-0.4, -0.2) is 50.3 Å². The molecule has 0 unspecified atom stereocenters. The Morgan fingerprint density at radius 2 is 1.94 bits per heavy atom. The average Bonchev–Trinajstić information content (AvgIpc) is 3.31. The van der Waals surface area contributed by atoms with Crippen molar-refractivity contribution in [1.82, 2.24) is 9.36 Å². The maximum atomic E-state index is 12.5. The lowest BCUT2D eigenvalue weighted by Gasteiger charge is -2.14. The van der Waals surface area contributed by atoms with E-state index in [1.54, 1.807) is 12.1 Å². The van der Waals surface area contributed by atoms with Gasteiger partial charge in [0.15, 0.2) is 11.5 Å². The molecule has 1 amide bonds. The maximum Gasteiger partial charge on any atom is 0.268 e. The van der Waals surface area contributed by atoms with Gasteiger partial charge in [-0.15, -0.1) is 0 Å². The molecule has 0 aliphatic rings. The number of amides is 1. The van der Waals surface area contributed by atoms with Gasteiger partial charge in [-0.05, 0) is 42.3 Å². The van der Waals surface area contributed by atoms with E-state index in [2.05, 4.69) is 14.7 Å². The molecule has 0 aliphatic heterocycles. The Bertz CT molecular complexity index is 1450. The van der Waals surface area contributed by atoms with E-state index in [9.17, 15) is 18.5 Å².